The van der Waals surface area contributed by atoms with E-state index < -0.39 is 10.2 Å². The first-order valence-electron chi connectivity index (χ1n) is 4.44. The molecule has 2 rings (SSSR count). The molecule has 0 N–H and O–H groups in total. The van der Waals surface area contributed by atoms with Gasteiger partial charge in [0.2, 0.25) is 0 Å². The summed E-state index contributed by atoms with van der Waals surface area (Å²) in [4.78, 5) is 0. The molecule has 0 saturated carbocycles. The lowest BCUT2D eigenvalue weighted by atomic mass is 10.3. The van der Waals surface area contributed by atoms with Crippen molar-refractivity contribution in [2.45, 2.75) is 6.92 Å². The largest absolute Gasteiger partial charge is 0.348 e. The molecule has 0 amide bonds. The van der Waals surface area contributed by atoms with Gasteiger partial charge in [-0.1, -0.05) is 18.2 Å². The van der Waals surface area contributed by atoms with Crippen LogP contribution in [0.25, 0.3) is 0 Å². The van der Waals surface area contributed by atoms with E-state index in [1.165, 1.54) is 10.5 Å². The van der Waals surface area contributed by atoms with E-state index in [-0.39, 0.29) is 0 Å². The first kappa shape index (κ1) is 9.92. The highest BCUT2D eigenvalue weighted by Crippen LogP contribution is 2.24. The molecular weight excluding hydrogens is 212 g/mol. The Morgan fingerprint density at radius 3 is 2.47 bits per heavy atom. The van der Waals surface area contributed by atoms with Gasteiger partial charge in [-0.15, -0.1) is 0 Å². The fourth-order valence-electron chi connectivity index (χ4n) is 1.41. The Labute approximate surface area is 88.7 Å². The van der Waals surface area contributed by atoms with Gasteiger partial charge in [-0.2, -0.15) is 12.8 Å². The zero-order valence-corrected chi connectivity index (χ0v) is 8.98. The van der Waals surface area contributed by atoms with E-state index in [4.69, 9.17) is 0 Å². The van der Waals surface area contributed by atoms with Crippen LogP contribution in [0.3, 0.4) is 0 Å². The molecule has 1 heterocycles. The molecule has 1 aromatic carbocycles. The predicted molar refractivity (Wildman–Crippen MR) is 60.1 cm³/mol. The molecule has 1 aromatic rings. The van der Waals surface area contributed by atoms with Crippen LogP contribution in [0, 0.1) is 0 Å². The third kappa shape index (κ3) is 1.78. The van der Waals surface area contributed by atoms with Gasteiger partial charge in [0.15, 0.2) is 0 Å². The van der Waals surface area contributed by atoms with Gasteiger partial charge in [0.25, 0.3) is 0 Å². The normalized spacial score (nSPS) is 18.7. The van der Waals surface area contributed by atoms with E-state index in [0.29, 0.717) is 11.4 Å². The lowest BCUT2D eigenvalue weighted by Crippen LogP contribution is -2.29. The fourth-order valence-corrected chi connectivity index (χ4v) is 2.53. The zero-order chi connectivity index (χ0) is 10.9. The standard InChI is InChI=1S/C10H10N2O2S/c1-9-7-8-11-15(13,14)12(9)10-5-3-2-4-6-10/h2-8H,1H3. The molecule has 0 atom stereocenters. The zero-order valence-electron chi connectivity index (χ0n) is 8.16. The summed E-state index contributed by atoms with van der Waals surface area (Å²) in [6, 6.07) is 8.88. The number of hydrogen-bond donors (Lipinski definition) is 0. The Kier molecular flexibility index (Phi) is 2.32. The second-order valence-corrected chi connectivity index (χ2v) is 4.61. The first-order chi connectivity index (χ1) is 7.11. The minimum Gasteiger partial charge on any atom is -0.224 e. The van der Waals surface area contributed by atoms with Crippen molar-refractivity contribution < 1.29 is 8.42 Å². The van der Waals surface area contributed by atoms with Crippen LogP contribution in [0.15, 0.2) is 46.5 Å². The van der Waals surface area contributed by atoms with Crippen LogP contribution < -0.4 is 4.31 Å². The Bertz CT molecular complexity index is 518. The van der Waals surface area contributed by atoms with E-state index in [2.05, 4.69) is 4.40 Å². The molecular formula is C10H10N2O2S. The van der Waals surface area contributed by atoms with Crippen LogP contribution in [0.2, 0.25) is 0 Å². The number of allylic oxidation sites excluding steroid dienone is 2. The Hall–Kier alpha value is -1.62. The number of para-hydroxylation sites is 1. The molecule has 0 spiro atoms. The Morgan fingerprint density at radius 1 is 1.20 bits per heavy atom. The van der Waals surface area contributed by atoms with Crippen molar-refractivity contribution in [3.05, 3.63) is 42.1 Å². The number of benzene rings is 1. The molecule has 5 heteroatoms. The molecule has 0 saturated heterocycles. The van der Waals surface area contributed by atoms with E-state index in [1.54, 1.807) is 37.3 Å². The maximum absolute atomic E-state index is 11.7. The summed E-state index contributed by atoms with van der Waals surface area (Å²) in [7, 11) is -3.59. The van der Waals surface area contributed by atoms with E-state index >= 15 is 0 Å². The van der Waals surface area contributed by atoms with Crippen LogP contribution in [0.4, 0.5) is 5.69 Å². The summed E-state index contributed by atoms with van der Waals surface area (Å²) in [5, 5.41) is 0. The molecule has 0 aromatic heterocycles. The summed E-state index contributed by atoms with van der Waals surface area (Å²) >= 11 is 0. The quantitative estimate of drug-likeness (QED) is 0.726. The van der Waals surface area contributed by atoms with Gasteiger partial charge >= 0.3 is 10.2 Å². The predicted octanol–water partition coefficient (Wildman–Crippen LogP) is 1.73. The van der Waals surface area contributed by atoms with Crippen molar-refractivity contribution in [3.63, 3.8) is 0 Å². The number of rotatable bonds is 1. The monoisotopic (exact) mass is 222 g/mol. The Balaban J connectivity index is 2.54. The van der Waals surface area contributed by atoms with Crippen molar-refractivity contribution in [1.82, 2.24) is 0 Å². The van der Waals surface area contributed by atoms with Crippen LogP contribution in [-0.2, 0) is 10.2 Å². The molecule has 0 bridgehead atoms. The smallest absolute Gasteiger partial charge is 0.224 e. The van der Waals surface area contributed by atoms with Crippen molar-refractivity contribution in [2.24, 2.45) is 4.40 Å². The first-order valence-corrected chi connectivity index (χ1v) is 5.83. The van der Waals surface area contributed by atoms with Crippen molar-refractivity contribution >= 4 is 22.1 Å². The third-order valence-electron chi connectivity index (χ3n) is 2.05. The number of hydrogen-bond acceptors (Lipinski definition) is 2. The highest BCUT2D eigenvalue weighted by molar-refractivity contribution is 7.91. The van der Waals surface area contributed by atoms with Gasteiger partial charge < -0.3 is 0 Å². The molecule has 15 heavy (non-hydrogen) atoms. The second-order valence-electron chi connectivity index (χ2n) is 3.14. The lowest BCUT2D eigenvalue weighted by molar-refractivity contribution is 0.596. The highest BCUT2D eigenvalue weighted by atomic mass is 32.2. The number of nitrogens with zero attached hydrogens (tertiary/aromatic N) is 2. The summed E-state index contributed by atoms with van der Waals surface area (Å²) in [5.74, 6) is 0. The minimum absolute atomic E-state index is 0.600. The summed E-state index contributed by atoms with van der Waals surface area (Å²) < 4.78 is 28.0. The van der Waals surface area contributed by atoms with Crippen molar-refractivity contribution in [3.8, 4) is 0 Å². The molecule has 1 aliphatic rings. The maximum Gasteiger partial charge on any atom is 0.348 e. The van der Waals surface area contributed by atoms with Gasteiger partial charge in [0, 0.05) is 11.9 Å². The Morgan fingerprint density at radius 2 is 1.87 bits per heavy atom. The van der Waals surface area contributed by atoms with Crippen LogP contribution >= 0.6 is 0 Å². The van der Waals surface area contributed by atoms with E-state index in [9.17, 15) is 8.42 Å². The van der Waals surface area contributed by atoms with Gasteiger partial charge in [0.1, 0.15) is 0 Å². The molecule has 0 unspecified atom stereocenters. The molecule has 0 radical (unpaired) electrons. The summed E-state index contributed by atoms with van der Waals surface area (Å²) in [5.41, 5.74) is 1.24. The van der Waals surface area contributed by atoms with Crippen molar-refractivity contribution in [2.75, 3.05) is 4.31 Å². The maximum atomic E-state index is 11.7. The van der Waals surface area contributed by atoms with Gasteiger partial charge in [-0.3, -0.25) is 0 Å². The molecule has 4 nitrogen and oxygen atoms in total. The topological polar surface area (TPSA) is 49.7 Å². The van der Waals surface area contributed by atoms with E-state index in [0.717, 1.165) is 0 Å². The molecule has 0 fully saturated rings. The molecule has 0 aliphatic carbocycles. The molecule has 1 aliphatic heterocycles. The lowest BCUT2D eigenvalue weighted by Gasteiger charge is -2.23. The summed E-state index contributed by atoms with van der Waals surface area (Å²) in [6.07, 6.45) is 2.96. The van der Waals surface area contributed by atoms with E-state index in [1.807, 2.05) is 6.07 Å². The van der Waals surface area contributed by atoms with Crippen LogP contribution in [-0.4, -0.2) is 14.6 Å². The van der Waals surface area contributed by atoms with Crippen molar-refractivity contribution in [1.29, 1.82) is 0 Å². The SMILES string of the molecule is CC1=CC=NS(=O)(=O)N1c1ccccc1. The summed E-state index contributed by atoms with van der Waals surface area (Å²) in [6.45, 7) is 1.73. The average Bonchev–Trinajstić information content (AvgIpc) is 2.17. The van der Waals surface area contributed by atoms with Gasteiger partial charge in [-0.05, 0) is 25.1 Å². The average molecular weight is 222 g/mol. The molecule has 78 valence electrons. The second kappa shape index (κ2) is 3.51. The fraction of sp³-hybridized carbons (Fsp3) is 0.100. The minimum atomic E-state index is -3.59. The third-order valence-corrected chi connectivity index (χ3v) is 3.40. The van der Waals surface area contributed by atoms with Gasteiger partial charge in [0.05, 0.1) is 5.69 Å². The van der Waals surface area contributed by atoms with Crippen LogP contribution in [0.5, 0.6) is 0 Å². The number of anilines is 1. The highest BCUT2D eigenvalue weighted by Gasteiger charge is 2.24. The van der Waals surface area contributed by atoms with Gasteiger partial charge in [-0.25, -0.2) is 4.31 Å². The van der Waals surface area contributed by atoms with Crippen LogP contribution in [0.1, 0.15) is 6.92 Å².